The predicted molar refractivity (Wildman–Crippen MR) is 59.7 cm³/mol. The number of nitrogens with one attached hydrogen (secondary N) is 1. The van der Waals surface area contributed by atoms with Crippen molar-refractivity contribution in [3.63, 3.8) is 0 Å². The summed E-state index contributed by atoms with van der Waals surface area (Å²) in [5.41, 5.74) is 0.0199. The zero-order chi connectivity index (χ0) is 14.0. The van der Waals surface area contributed by atoms with Gasteiger partial charge >= 0.3 is 12.0 Å². The Balaban J connectivity index is 2.90. The number of carbonyl (C=O) groups is 1. The van der Waals surface area contributed by atoms with Crippen LogP contribution in [0.1, 0.15) is 0 Å². The molecule has 1 aromatic rings. The van der Waals surface area contributed by atoms with Crippen LogP contribution in [0.4, 0.5) is 23.2 Å². The lowest BCUT2D eigenvalue weighted by Gasteiger charge is -2.24. The first-order valence-corrected chi connectivity index (χ1v) is 5.38. The Morgan fingerprint density at radius 2 is 1.72 bits per heavy atom. The van der Waals surface area contributed by atoms with Crippen molar-refractivity contribution in [2.45, 2.75) is 12.0 Å². The number of rotatable bonds is 3. The molecule has 1 rings (SSSR count). The van der Waals surface area contributed by atoms with Crippen LogP contribution in [-0.2, 0) is 9.53 Å². The third-order valence-corrected chi connectivity index (χ3v) is 2.57. The highest BCUT2D eigenvalue weighted by Crippen LogP contribution is 2.35. The Kier molecular flexibility index (Phi) is 4.33. The third kappa shape index (κ3) is 2.99. The number of benzene rings is 1. The van der Waals surface area contributed by atoms with Gasteiger partial charge in [-0.2, -0.15) is 17.6 Å². The fourth-order valence-electron chi connectivity index (χ4n) is 1.08. The molecule has 0 bridgehead atoms. The van der Waals surface area contributed by atoms with E-state index < -0.39 is 17.9 Å². The van der Waals surface area contributed by atoms with E-state index in [1.807, 2.05) is 0 Å². The van der Waals surface area contributed by atoms with Crippen molar-refractivity contribution in [2.75, 3.05) is 12.4 Å². The summed E-state index contributed by atoms with van der Waals surface area (Å²) in [4.78, 5) is 11.3. The number of hydrogen-bond acceptors (Lipinski definition) is 2. The highest BCUT2D eigenvalue weighted by atomic mass is 79.9. The summed E-state index contributed by atoms with van der Waals surface area (Å²) in [6.45, 7) is 0. The molecular formula is C10H8BrF4NO2. The number of carbonyl (C=O) groups excluding carboxylic acids is 1. The molecule has 0 aliphatic rings. The Bertz CT molecular complexity index is 434. The summed E-state index contributed by atoms with van der Waals surface area (Å²) < 4.78 is 54.8. The molecule has 8 heteroatoms. The zero-order valence-corrected chi connectivity index (χ0v) is 10.6. The molecule has 0 aromatic heterocycles. The smallest absolute Gasteiger partial charge is 0.335 e. The molecule has 100 valence electrons. The maximum atomic E-state index is 13.4. The second-order valence-electron chi connectivity index (χ2n) is 3.26. The first-order valence-electron chi connectivity index (χ1n) is 4.58. The summed E-state index contributed by atoms with van der Waals surface area (Å²) in [7, 11) is 0.467. The van der Waals surface area contributed by atoms with E-state index in [1.165, 1.54) is 24.3 Å². The standard InChI is InChI=1S/C10H8BrF4NO2/c1-18-9(12,10(13,14)15)8(17)16-7-4-2-6(11)3-5-7/h2-5H,1H3,(H,16,17)/t9-/m0/s1. The summed E-state index contributed by atoms with van der Waals surface area (Å²) in [5, 5.41) is 1.79. The minimum atomic E-state index is -5.46. The molecule has 0 heterocycles. The molecule has 1 N–H and O–H groups in total. The fourth-order valence-corrected chi connectivity index (χ4v) is 1.35. The molecule has 0 aliphatic heterocycles. The topological polar surface area (TPSA) is 38.3 Å². The van der Waals surface area contributed by atoms with Crippen molar-refractivity contribution in [3.05, 3.63) is 28.7 Å². The molecule has 1 atom stereocenters. The summed E-state index contributed by atoms with van der Waals surface area (Å²) >= 11 is 3.11. The maximum Gasteiger partial charge on any atom is 0.458 e. The van der Waals surface area contributed by atoms with Crippen LogP contribution in [0.5, 0.6) is 0 Å². The minimum Gasteiger partial charge on any atom is -0.335 e. The highest BCUT2D eigenvalue weighted by Gasteiger charge is 2.63. The first-order chi connectivity index (χ1) is 8.20. The second kappa shape index (κ2) is 5.23. The second-order valence-corrected chi connectivity index (χ2v) is 4.17. The summed E-state index contributed by atoms with van der Waals surface area (Å²) in [5.74, 6) is -6.31. The number of halogens is 5. The van der Waals surface area contributed by atoms with E-state index >= 15 is 0 Å². The van der Waals surface area contributed by atoms with Gasteiger partial charge in [-0.1, -0.05) is 15.9 Å². The van der Waals surface area contributed by atoms with Crippen LogP contribution in [-0.4, -0.2) is 25.0 Å². The lowest BCUT2D eigenvalue weighted by atomic mass is 10.2. The van der Waals surface area contributed by atoms with E-state index in [2.05, 4.69) is 20.7 Å². The van der Waals surface area contributed by atoms with Crippen molar-refractivity contribution in [2.24, 2.45) is 0 Å². The van der Waals surface area contributed by atoms with Crippen molar-refractivity contribution in [3.8, 4) is 0 Å². The van der Waals surface area contributed by atoms with Crippen LogP contribution in [0, 0.1) is 0 Å². The van der Waals surface area contributed by atoms with Crippen LogP contribution < -0.4 is 5.32 Å². The molecule has 0 spiro atoms. The van der Waals surface area contributed by atoms with E-state index in [-0.39, 0.29) is 5.69 Å². The number of alkyl halides is 4. The van der Waals surface area contributed by atoms with Gasteiger partial charge in [-0.3, -0.25) is 4.79 Å². The first kappa shape index (κ1) is 14.9. The average molecular weight is 330 g/mol. The molecule has 18 heavy (non-hydrogen) atoms. The van der Waals surface area contributed by atoms with Gasteiger partial charge in [-0.25, -0.2) is 0 Å². The Morgan fingerprint density at radius 1 is 1.22 bits per heavy atom. The minimum absolute atomic E-state index is 0.0199. The highest BCUT2D eigenvalue weighted by molar-refractivity contribution is 9.10. The van der Waals surface area contributed by atoms with Crippen molar-refractivity contribution in [1.82, 2.24) is 0 Å². The molecule has 3 nitrogen and oxygen atoms in total. The Morgan fingerprint density at radius 3 is 2.11 bits per heavy atom. The van der Waals surface area contributed by atoms with Crippen molar-refractivity contribution >= 4 is 27.5 Å². The molecular weight excluding hydrogens is 322 g/mol. The quantitative estimate of drug-likeness (QED) is 0.864. The van der Waals surface area contributed by atoms with Gasteiger partial charge in [-0.05, 0) is 24.3 Å². The molecule has 0 saturated heterocycles. The third-order valence-electron chi connectivity index (χ3n) is 2.04. The van der Waals surface area contributed by atoms with E-state index in [1.54, 1.807) is 5.32 Å². The molecule has 0 unspecified atom stereocenters. The van der Waals surface area contributed by atoms with Crippen LogP contribution in [0.25, 0.3) is 0 Å². The lowest BCUT2D eigenvalue weighted by Crippen LogP contribution is -2.52. The van der Waals surface area contributed by atoms with Crippen molar-refractivity contribution < 1.29 is 27.1 Å². The number of hydrogen-bond donors (Lipinski definition) is 1. The van der Waals surface area contributed by atoms with Crippen molar-refractivity contribution in [1.29, 1.82) is 0 Å². The van der Waals surface area contributed by atoms with Gasteiger partial charge in [0.2, 0.25) is 0 Å². The lowest BCUT2D eigenvalue weighted by molar-refractivity contribution is -0.305. The Hall–Kier alpha value is -1.15. The largest absolute Gasteiger partial charge is 0.458 e. The SMILES string of the molecule is CO[C@@](F)(C(=O)Nc1ccc(Br)cc1)C(F)(F)F. The van der Waals surface area contributed by atoms with Crippen LogP contribution >= 0.6 is 15.9 Å². The number of ether oxygens (including phenoxy) is 1. The van der Waals surface area contributed by atoms with Crippen LogP contribution in [0.15, 0.2) is 28.7 Å². The van der Waals surface area contributed by atoms with E-state index in [9.17, 15) is 22.4 Å². The van der Waals surface area contributed by atoms with Gasteiger partial charge < -0.3 is 10.1 Å². The predicted octanol–water partition coefficient (Wildman–Crippen LogP) is 3.26. The normalized spacial score (nSPS) is 15.0. The molecule has 1 aromatic carbocycles. The maximum absolute atomic E-state index is 13.4. The van der Waals surface area contributed by atoms with Gasteiger partial charge in [0.15, 0.2) is 0 Å². The number of anilines is 1. The molecule has 1 amide bonds. The molecule has 0 aliphatic carbocycles. The average Bonchev–Trinajstić information content (AvgIpc) is 2.29. The van der Waals surface area contributed by atoms with Gasteiger partial charge in [0, 0.05) is 17.3 Å². The number of amides is 1. The summed E-state index contributed by atoms with van der Waals surface area (Å²) in [6, 6.07) is 5.59. The fraction of sp³-hybridized carbons (Fsp3) is 0.300. The monoisotopic (exact) mass is 329 g/mol. The van der Waals surface area contributed by atoms with Gasteiger partial charge in [-0.15, -0.1) is 0 Å². The van der Waals surface area contributed by atoms with E-state index in [0.29, 0.717) is 11.6 Å². The summed E-state index contributed by atoms with van der Waals surface area (Å²) in [6.07, 6.45) is -5.46. The Labute approximate surface area is 108 Å². The van der Waals surface area contributed by atoms with E-state index in [0.717, 1.165) is 0 Å². The van der Waals surface area contributed by atoms with Crippen LogP contribution in [0.3, 0.4) is 0 Å². The molecule has 0 saturated carbocycles. The molecule has 0 fully saturated rings. The molecule has 0 radical (unpaired) electrons. The van der Waals surface area contributed by atoms with Crippen LogP contribution in [0.2, 0.25) is 0 Å². The van der Waals surface area contributed by atoms with Gasteiger partial charge in [0.05, 0.1) is 0 Å². The van der Waals surface area contributed by atoms with Gasteiger partial charge in [0.25, 0.3) is 5.91 Å². The number of methoxy groups -OCH3 is 1. The van der Waals surface area contributed by atoms with E-state index in [4.69, 9.17) is 0 Å². The van der Waals surface area contributed by atoms with Gasteiger partial charge in [0.1, 0.15) is 0 Å². The zero-order valence-electron chi connectivity index (χ0n) is 9.02.